The van der Waals surface area contributed by atoms with Crippen LogP contribution < -0.4 is 0 Å². The molecule has 2 aromatic carbocycles. The molecule has 3 rings (SSSR count). The number of aliphatic hydroxyl groups is 1. The Morgan fingerprint density at radius 2 is 1.91 bits per heavy atom. The Labute approximate surface area is 137 Å². The number of hydrogen-bond acceptors (Lipinski definition) is 2. The van der Waals surface area contributed by atoms with Crippen molar-refractivity contribution in [2.24, 2.45) is 5.92 Å². The third kappa shape index (κ3) is 3.46. The molecule has 1 aliphatic rings. The van der Waals surface area contributed by atoms with E-state index in [1.807, 2.05) is 20.2 Å². The normalized spacial score (nSPS) is 18.2. The minimum atomic E-state index is -0.179. The molecular weight excluding hydrogens is 289 g/mol. The van der Waals surface area contributed by atoms with E-state index in [1.165, 1.54) is 16.7 Å². The maximum atomic E-state index is 13.7. The first kappa shape index (κ1) is 16.2. The quantitative estimate of drug-likeness (QED) is 0.937. The van der Waals surface area contributed by atoms with E-state index in [1.54, 1.807) is 12.1 Å². The molecule has 0 amide bonds. The highest BCUT2D eigenvalue weighted by atomic mass is 19.1. The predicted molar refractivity (Wildman–Crippen MR) is 91.2 cm³/mol. The summed E-state index contributed by atoms with van der Waals surface area (Å²) in [5.41, 5.74) is 4.86. The molecule has 0 saturated carbocycles. The summed E-state index contributed by atoms with van der Waals surface area (Å²) in [6, 6.07) is 13.6. The van der Waals surface area contributed by atoms with Crippen molar-refractivity contribution in [3.8, 4) is 0 Å². The van der Waals surface area contributed by atoms with E-state index >= 15 is 0 Å². The Kier molecular flexibility index (Phi) is 4.79. The van der Waals surface area contributed by atoms with Crippen molar-refractivity contribution in [2.45, 2.75) is 18.8 Å². The summed E-state index contributed by atoms with van der Waals surface area (Å²) >= 11 is 0. The average molecular weight is 313 g/mol. The molecule has 0 heterocycles. The van der Waals surface area contributed by atoms with E-state index in [2.05, 4.69) is 29.2 Å². The van der Waals surface area contributed by atoms with Gasteiger partial charge in [0.15, 0.2) is 0 Å². The van der Waals surface area contributed by atoms with Crippen LogP contribution in [0.15, 0.2) is 42.5 Å². The van der Waals surface area contributed by atoms with Crippen LogP contribution in [0.3, 0.4) is 0 Å². The van der Waals surface area contributed by atoms with Gasteiger partial charge in [-0.15, -0.1) is 0 Å². The van der Waals surface area contributed by atoms with Crippen LogP contribution in [0.25, 0.3) is 0 Å². The van der Waals surface area contributed by atoms with Gasteiger partial charge in [-0.2, -0.15) is 0 Å². The van der Waals surface area contributed by atoms with E-state index in [0.717, 1.165) is 24.9 Å². The summed E-state index contributed by atoms with van der Waals surface area (Å²) in [6.07, 6.45) is 1.62. The lowest BCUT2D eigenvalue weighted by molar-refractivity contribution is 0.169. The molecule has 122 valence electrons. The number of nitrogens with zero attached hydrogens (tertiary/aromatic N) is 1. The SMILES string of the molecule is CN(C)CC(CO)C1Cc2cc(F)ccc2Cc2ccccc21. The maximum absolute atomic E-state index is 13.7. The fourth-order valence-electron chi connectivity index (χ4n) is 3.77. The number of benzene rings is 2. The van der Waals surface area contributed by atoms with E-state index in [0.29, 0.717) is 0 Å². The lowest BCUT2D eigenvalue weighted by Gasteiger charge is -2.29. The summed E-state index contributed by atoms with van der Waals surface area (Å²) in [6.45, 7) is 0.960. The van der Waals surface area contributed by atoms with Crippen LogP contribution in [-0.2, 0) is 12.8 Å². The highest BCUT2D eigenvalue weighted by Gasteiger charge is 2.28. The van der Waals surface area contributed by atoms with Crippen LogP contribution in [0.2, 0.25) is 0 Å². The molecule has 3 heteroatoms. The molecule has 2 unspecified atom stereocenters. The first-order valence-corrected chi connectivity index (χ1v) is 8.19. The van der Waals surface area contributed by atoms with Gasteiger partial charge in [0.2, 0.25) is 0 Å². The van der Waals surface area contributed by atoms with Crippen LogP contribution in [0.4, 0.5) is 4.39 Å². The van der Waals surface area contributed by atoms with Gasteiger partial charge in [0.05, 0.1) is 0 Å². The fourth-order valence-corrected chi connectivity index (χ4v) is 3.77. The van der Waals surface area contributed by atoms with E-state index < -0.39 is 0 Å². The number of fused-ring (bicyclic) bond motifs is 2. The third-order valence-electron chi connectivity index (χ3n) is 4.85. The Morgan fingerprint density at radius 1 is 1.13 bits per heavy atom. The minimum absolute atomic E-state index is 0.139. The number of halogens is 1. The van der Waals surface area contributed by atoms with Crippen LogP contribution in [0.1, 0.15) is 28.2 Å². The number of hydrogen-bond donors (Lipinski definition) is 1. The Bertz CT molecular complexity index is 683. The smallest absolute Gasteiger partial charge is 0.123 e. The highest BCUT2D eigenvalue weighted by Crippen LogP contribution is 2.36. The zero-order valence-corrected chi connectivity index (χ0v) is 13.8. The Morgan fingerprint density at radius 3 is 2.65 bits per heavy atom. The molecule has 0 bridgehead atoms. The molecular formula is C20H24FNO. The molecule has 23 heavy (non-hydrogen) atoms. The molecule has 0 saturated heterocycles. The molecule has 0 aliphatic heterocycles. The van der Waals surface area contributed by atoms with Crippen molar-refractivity contribution >= 4 is 0 Å². The van der Waals surface area contributed by atoms with Gasteiger partial charge in [-0.3, -0.25) is 0 Å². The largest absolute Gasteiger partial charge is 0.396 e. The van der Waals surface area contributed by atoms with Gasteiger partial charge in [0.1, 0.15) is 5.82 Å². The number of rotatable bonds is 4. The van der Waals surface area contributed by atoms with Crippen molar-refractivity contribution in [3.05, 3.63) is 70.5 Å². The molecule has 0 radical (unpaired) electrons. The lowest BCUT2D eigenvalue weighted by Crippen LogP contribution is -2.30. The fraction of sp³-hybridized carbons (Fsp3) is 0.400. The zero-order valence-electron chi connectivity index (χ0n) is 13.8. The zero-order chi connectivity index (χ0) is 16.4. The van der Waals surface area contributed by atoms with E-state index in [9.17, 15) is 9.50 Å². The van der Waals surface area contributed by atoms with Crippen LogP contribution >= 0.6 is 0 Å². The van der Waals surface area contributed by atoms with Crippen molar-refractivity contribution in [1.29, 1.82) is 0 Å². The first-order chi connectivity index (χ1) is 11.1. The van der Waals surface area contributed by atoms with Crippen molar-refractivity contribution in [3.63, 3.8) is 0 Å². The molecule has 2 atom stereocenters. The van der Waals surface area contributed by atoms with Crippen LogP contribution in [0, 0.1) is 11.7 Å². The van der Waals surface area contributed by atoms with Gasteiger partial charge in [-0.1, -0.05) is 30.3 Å². The van der Waals surface area contributed by atoms with Crippen molar-refractivity contribution in [1.82, 2.24) is 4.90 Å². The highest BCUT2D eigenvalue weighted by molar-refractivity contribution is 5.43. The summed E-state index contributed by atoms with van der Waals surface area (Å²) in [5, 5.41) is 9.95. The van der Waals surface area contributed by atoms with Gasteiger partial charge in [-0.25, -0.2) is 4.39 Å². The van der Waals surface area contributed by atoms with Crippen molar-refractivity contribution in [2.75, 3.05) is 27.2 Å². The van der Waals surface area contributed by atoms with Gasteiger partial charge in [0, 0.05) is 19.1 Å². The second-order valence-electron chi connectivity index (χ2n) is 6.80. The van der Waals surface area contributed by atoms with Crippen LogP contribution in [0.5, 0.6) is 0 Å². The maximum Gasteiger partial charge on any atom is 0.123 e. The molecule has 1 aliphatic carbocycles. The summed E-state index contributed by atoms with van der Waals surface area (Å²) in [4.78, 5) is 2.11. The summed E-state index contributed by atoms with van der Waals surface area (Å²) in [5.74, 6) is 0.170. The van der Waals surface area contributed by atoms with Gasteiger partial charge in [0.25, 0.3) is 0 Å². The predicted octanol–water partition coefficient (Wildman–Crippen LogP) is 3.23. The summed E-state index contributed by atoms with van der Waals surface area (Å²) < 4.78 is 13.7. The standard InChI is InChI=1S/C20H24FNO/c1-22(2)12-17(13-23)20-11-16-10-18(21)8-7-14(16)9-15-5-3-4-6-19(15)20/h3-8,10,17,20,23H,9,11-13H2,1-2H3. The second-order valence-corrected chi connectivity index (χ2v) is 6.80. The number of aliphatic hydroxyl groups excluding tert-OH is 1. The lowest BCUT2D eigenvalue weighted by atomic mass is 9.81. The van der Waals surface area contributed by atoms with Crippen LogP contribution in [-0.4, -0.2) is 37.3 Å². The molecule has 1 N–H and O–H groups in total. The Balaban J connectivity index is 2.06. The molecule has 2 nitrogen and oxygen atoms in total. The monoisotopic (exact) mass is 313 g/mol. The van der Waals surface area contributed by atoms with E-state index in [4.69, 9.17) is 0 Å². The molecule has 0 aromatic heterocycles. The third-order valence-corrected chi connectivity index (χ3v) is 4.85. The van der Waals surface area contributed by atoms with Gasteiger partial charge in [-0.05, 0) is 67.2 Å². The first-order valence-electron chi connectivity index (χ1n) is 8.19. The molecule has 0 fully saturated rings. The molecule has 2 aromatic rings. The van der Waals surface area contributed by atoms with Crippen molar-refractivity contribution < 1.29 is 9.50 Å². The average Bonchev–Trinajstić information content (AvgIpc) is 2.69. The van der Waals surface area contributed by atoms with Gasteiger partial charge >= 0.3 is 0 Å². The second kappa shape index (κ2) is 6.81. The summed E-state index contributed by atoms with van der Waals surface area (Å²) in [7, 11) is 4.05. The van der Waals surface area contributed by atoms with E-state index in [-0.39, 0.29) is 24.3 Å². The van der Waals surface area contributed by atoms with Gasteiger partial charge < -0.3 is 10.0 Å². The minimum Gasteiger partial charge on any atom is -0.396 e. The Hall–Kier alpha value is -1.71. The topological polar surface area (TPSA) is 23.5 Å². The molecule has 0 spiro atoms.